The van der Waals surface area contributed by atoms with Crippen LogP contribution in [0.3, 0.4) is 0 Å². The number of halogens is 1. The van der Waals surface area contributed by atoms with Crippen LogP contribution in [0.5, 0.6) is 0 Å². The number of aromatic nitrogens is 4. The van der Waals surface area contributed by atoms with Crippen LogP contribution in [0.1, 0.15) is 38.3 Å². The van der Waals surface area contributed by atoms with Gasteiger partial charge in [-0.15, -0.1) is 10.2 Å². The number of amides is 1. The Bertz CT molecular complexity index is 904. The first-order valence-electron chi connectivity index (χ1n) is 8.41. The summed E-state index contributed by atoms with van der Waals surface area (Å²) in [6.07, 6.45) is 0. The van der Waals surface area contributed by atoms with Crippen molar-refractivity contribution in [2.24, 2.45) is 0 Å². The van der Waals surface area contributed by atoms with Gasteiger partial charge in [-0.3, -0.25) is 4.79 Å². The Kier molecular flexibility index (Phi) is 5.46. The first-order valence-corrected chi connectivity index (χ1v) is 9.20. The minimum absolute atomic E-state index is 0.183. The molecule has 3 aromatic rings. The Balaban J connectivity index is 1.76. The van der Waals surface area contributed by atoms with Crippen LogP contribution in [-0.4, -0.2) is 26.1 Å². The smallest absolute Gasteiger partial charge is 0.250 e. The van der Waals surface area contributed by atoms with Gasteiger partial charge in [0, 0.05) is 15.7 Å². The van der Waals surface area contributed by atoms with Gasteiger partial charge < -0.3 is 5.32 Å². The minimum atomic E-state index is -0.577. The van der Waals surface area contributed by atoms with Gasteiger partial charge in [-0.2, -0.15) is 4.80 Å². The van der Waals surface area contributed by atoms with E-state index >= 15 is 0 Å². The molecule has 0 aliphatic carbocycles. The molecule has 2 aromatic carbocycles. The molecule has 0 saturated heterocycles. The molecular formula is C19H20BrN5O. The summed E-state index contributed by atoms with van der Waals surface area (Å²) in [5.41, 5.74) is 2.75. The number of hydrogen-bond donors (Lipinski definition) is 1. The molecule has 26 heavy (non-hydrogen) atoms. The molecule has 6 nitrogen and oxygen atoms in total. The van der Waals surface area contributed by atoms with Crippen LogP contribution in [-0.2, 0) is 4.79 Å². The highest BCUT2D eigenvalue weighted by Gasteiger charge is 2.20. The summed E-state index contributed by atoms with van der Waals surface area (Å²) >= 11 is 3.40. The van der Waals surface area contributed by atoms with Crippen molar-refractivity contribution in [2.75, 3.05) is 5.32 Å². The van der Waals surface area contributed by atoms with Crippen molar-refractivity contribution in [3.05, 3.63) is 58.6 Å². The van der Waals surface area contributed by atoms with Crippen molar-refractivity contribution in [2.45, 2.75) is 32.7 Å². The third-order valence-corrected chi connectivity index (χ3v) is 4.63. The number of benzene rings is 2. The standard InChI is InChI=1S/C19H20BrN5O/c1-12(2)16-6-4-5-7-17(16)21-19(26)13(3)25-23-18(22-24-25)14-8-10-15(20)11-9-14/h4-13H,1-3H3,(H,21,26). The Morgan fingerprint density at radius 1 is 1.08 bits per heavy atom. The predicted molar refractivity (Wildman–Crippen MR) is 105 cm³/mol. The van der Waals surface area contributed by atoms with E-state index in [1.807, 2.05) is 48.5 Å². The van der Waals surface area contributed by atoms with E-state index < -0.39 is 6.04 Å². The Labute approximate surface area is 160 Å². The first kappa shape index (κ1) is 18.3. The number of para-hydroxylation sites is 1. The highest BCUT2D eigenvalue weighted by Crippen LogP contribution is 2.24. The second kappa shape index (κ2) is 7.78. The lowest BCUT2D eigenvalue weighted by molar-refractivity contribution is -0.119. The van der Waals surface area contributed by atoms with E-state index in [0.29, 0.717) is 11.7 Å². The van der Waals surface area contributed by atoms with Gasteiger partial charge in [0.15, 0.2) is 0 Å². The van der Waals surface area contributed by atoms with Crippen LogP contribution in [0.15, 0.2) is 53.0 Å². The van der Waals surface area contributed by atoms with E-state index in [-0.39, 0.29) is 5.91 Å². The van der Waals surface area contributed by atoms with Crippen molar-refractivity contribution >= 4 is 27.5 Å². The molecule has 1 aromatic heterocycles. The molecule has 1 unspecified atom stereocenters. The van der Waals surface area contributed by atoms with Gasteiger partial charge >= 0.3 is 0 Å². The molecule has 0 fully saturated rings. The van der Waals surface area contributed by atoms with Crippen LogP contribution in [0.2, 0.25) is 0 Å². The predicted octanol–water partition coefficient (Wildman–Crippen LogP) is 4.43. The molecule has 7 heteroatoms. The molecule has 0 saturated carbocycles. The lowest BCUT2D eigenvalue weighted by Gasteiger charge is -2.15. The number of anilines is 1. The largest absolute Gasteiger partial charge is 0.324 e. The Morgan fingerprint density at radius 3 is 2.46 bits per heavy atom. The molecule has 134 valence electrons. The summed E-state index contributed by atoms with van der Waals surface area (Å²) in [4.78, 5) is 14.0. The summed E-state index contributed by atoms with van der Waals surface area (Å²) in [5.74, 6) is 0.618. The normalized spacial score (nSPS) is 12.2. The lowest BCUT2D eigenvalue weighted by atomic mass is 10.0. The van der Waals surface area contributed by atoms with E-state index in [1.54, 1.807) is 6.92 Å². The fraction of sp³-hybridized carbons (Fsp3) is 0.263. The van der Waals surface area contributed by atoms with E-state index in [9.17, 15) is 4.79 Å². The van der Waals surface area contributed by atoms with Crippen molar-refractivity contribution in [3.8, 4) is 11.4 Å². The molecule has 0 spiro atoms. The summed E-state index contributed by atoms with van der Waals surface area (Å²) in [6.45, 7) is 5.94. The fourth-order valence-corrected chi connectivity index (χ4v) is 2.82. The van der Waals surface area contributed by atoms with Crippen LogP contribution in [0.4, 0.5) is 5.69 Å². The van der Waals surface area contributed by atoms with E-state index in [0.717, 1.165) is 21.3 Å². The van der Waals surface area contributed by atoms with Crippen LogP contribution in [0.25, 0.3) is 11.4 Å². The highest BCUT2D eigenvalue weighted by atomic mass is 79.9. The topological polar surface area (TPSA) is 72.7 Å². The number of nitrogens with zero attached hydrogens (tertiary/aromatic N) is 4. The summed E-state index contributed by atoms with van der Waals surface area (Å²) in [6, 6.07) is 14.8. The van der Waals surface area contributed by atoms with Crippen LogP contribution < -0.4 is 5.32 Å². The summed E-state index contributed by atoms with van der Waals surface area (Å²) in [5, 5.41) is 15.4. The summed E-state index contributed by atoms with van der Waals surface area (Å²) < 4.78 is 0.977. The highest BCUT2D eigenvalue weighted by molar-refractivity contribution is 9.10. The Morgan fingerprint density at radius 2 is 1.77 bits per heavy atom. The maximum atomic E-state index is 12.6. The molecule has 0 radical (unpaired) electrons. The van der Waals surface area contributed by atoms with Gasteiger partial charge in [0.25, 0.3) is 5.91 Å². The van der Waals surface area contributed by atoms with Gasteiger partial charge in [-0.05, 0) is 54.0 Å². The third-order valence-electron chi connectivity index (χ3n) is 4.10. The van der Waals surface area contributed by atoms with E-state index in [1.165, 1.54) is 4.80 Å². The van der Waals surface area contributed by atoms with Gasteiger partial charge in [0.1, 0.15) is 6.04 Å². The molecule has 0 bridgehead atoms. The first-order chi connectivity index (χ1) is 12.5. The van der Waals surface area contributed by atoms with Crippen molar-refractivity contribution in [1.82, 2.24) is 20.2 Å². The van der Waals surface area contributed by atoms with Gasteiger partial charge in [-0.25, -0.2) is 0 Å². The molecular weight excluding hydrogens is 394 g/mol. The van der Waals surface area contributed by atoms with Crippen LogP contribution in [0, 0.1) is 0 Å². The number of carbonyl (C=O) groups excluding carboxylic acids is 1. The van der Waals surface area contributed by atoms with Crippen molar-refractivity contribution in [3.63, 3.8) is 0 Å². The second-order valence-electron chi connectivity index (χ2n) is 6.35. The Hall–Kier alpha value is -2.54. The van der Waals surface area contributed by atoms with E-state index in [2.05, 4.69) is 50.5 Å². The molecule has 1 amide bonds. The van der Waals surface area contributed by atoms with Gasteiger partial charge in [-0.1, -0.05) is 48.0 Å². The number of tetrazole rings is 1. The molecule has 1 heterocycles. The average Bonchev–Trinajstić information content (AvgIpc) is 3.12. The zero-order chi connectivity index (χ0) is 18.7. The summed E-state index contributed by atoms with van der Waals surface area (Å²) in [7, 11) is 0. The zero-order valence-corrected chi connectivity index (χ0v) is 16.4. The number of rotatable bonds is 5. The van der Waals surface area contributed by atoms with E-state index in [4.69, 9.17) is 0 Å². The quantitative estimate of drug-likeness (QED) is 0.671. The maximum Gasteiger partial charge on any atom is 0.250 e. The number of nitrogens with one attached hydrogen (secondary N) is 1. The molecule has 1 atom stereocenters. The molecule has 1 N–H and O–H groups in total. The molecule has 3 rings (SSSR count). The third kappa shape index (κ3) is 3.99. The van der Waals surface area contributed by atoms with Crippen molar-refractivity contribution in [1.29, 1.82) is 0 Å². The molecule has 0 aliphatic rings. The minimum Gasteiger partial charge on any atom is -0.324 e. The lowest BCUT2D eigenvalue weighted by Crippen LogP contribution is -2.26. The molecule has 0 aliphatic heterocycles. The fourth-order valence-electron chi connectivity index (χ4n) is 2.56. The maximum absolute atomic E-state index is 12.6. The van der Waals surface area contributed by atoms with Gasteiger partial charge in [0.2, 0.25) is 5.82 Å². The number of carbonyl (C=O) groups is 1. The second-order valence-corrected chi connectivity index (χ2v) is 7.26. The van der Waals surface area contributed by atoms with Crippen molar-refractivity contribution < 1.29 is 4.79 Å². The van der Waals surface area contributed by atoms with Crippen LogP contribution >= 0.6 is 15.9 Å². The van der Waals surface area contributed by atoms with Gasteiger partial charge in [0.05, 0.1) is 0 Å². The SMILES string of the molecule is CC(C)c1ccccc1NC(=O)C(C)n1nnc(-c2ccc(Br)cc2)n1. The average molecular weight is 414 g/mol. The monoisotopic (exact) mass is 413 g/mol. The number of hydrogen-bond acceptors (Lipinski definition) is 4. The zero-order valence-electron chi connectivity index (χ0n) is 14.8.